The van der Waals surface area contributed by atoms with Crippen LogP contribution in [0.2, 0.25) is 0 Å². The minimum atomic E-state index is 1.03. The topological polar surface area (TPSA) is 17.3 Å². The van der Waals surface area contributed by atoms with Crippen LogP contribution < -0.4 is 4.80 Å². The Morgan fingerprint density at radius 3 is 2.73 bits per heavy atom. The summed E-state index contributed by atoms with van der Waals surface area (Å²) in [5.74, 6) is 0. The van der Waals surface area contributed by atoms with Gasteiger partial charge in [0.2, 0.25) is 0 Å². The summed E-state index contributed by atoms with van der Waals surface area (Å²) in [4.78, 5) is 5.67. The van der Waals surface area contributed by atoms with E-state index < -0.39 is 0 Å². The summed E-state index contributed by atoms with van der Waals surface area (Å²) >= 11 is 1.66. The third-order valence-electron chi connectivity index (χ3n) is 2.55. The van der Waals surface area contributed by atoms with Gasteiger partial charge in [0.15, 0.2) is 4.80 Å². The van der Waals surface area contributed by atoms with Gasteiger partial charge in [-0.1, -0.05) is 12.1 Å². The fourth-order valence-corrected chi connectivity index (χ4v) is 2.14. The number of rotatable bonds is 1. The third kappa shape index (κ3) is 2.02. The fourth-order valence-electron chi connectivity index (χ4n) is 1.39. The van der Waals surface area contributed by atoms with Gasteiger partial charge in [0.1, 0.15) is 0 Å². The number of benzene rings is 1. The quantitative estimate of drug-likeness (QED) is 0.700. The minimum Gasteiger partial charge on any atom is -0.327 e. The average Bonchev–Trinajstić information content (AvgIpc) is 2.60. The summed E-state index contributed by atoms with van der Waals surface area (Å²) in [5.41, 5.74) is 3.61. The number of aryl methyl sites for hydroxylation is 2. The number of thiazole rings is 1. The van der Waals surface area contributed by atoms with E-state index in [0.717, 1.165) is 10.5 Å². The lowest BCUT2D eigenvalue weighted by molar-refractivity contribution is 0.873. The van der Waals surface area contributed by atoms with Crippen molar-refractivity contribution in [2.24, 2.45) is 12.0 Å². The standard InChI is InChI=1S/C12H14N2S/c1-9-5-4-6-11(10(9)2)13-12-14(3)7-8-15-12/h4-8H,1-3H3. The molecule has 2 nitrogen and oxygen atoms in total. The Labute approximate surface area is 93.5 Å². The van der Waals surface area contributed by atoms with E-state index in [2.05, 4.69) is 37.0 Å². The van der Waals surface area contributed by atoms with Gasteiger partial charge in [0, 0.05) is 18.6 Å². The van der Waals surface area contributed by atoms with Gasteiger partial charge in [-0.25, -0.2) is 4.99 Å². The smallest absolute Gasteiger partial charge is 0.189 e. The fraction of sp³-hybridized carbons (Fsp3) is 0.250. The molecule has 1 aromatic heterocycles. The van der Waals surface area contributed by atoms with Crippen LogP contribution in [0.3, 0.4) is 0 Å². The molecule has 1 aromatic carbocycles. The Morgan fingerprint density at radius 2 is 2.07 bits per heavy atom. The number of aromatic nitrogens is 1. The van der Waals surface area contributed by atoms with Crippen LogP contribution in [0, 0.1) is 13.8 Å². The summed E-state index contributed by atoms with van der Waals surface area (Å²) in [6.07, 6.45) is 2.02. The summed E-state index contributed by atoms with van der Waals surface area (Å²) in [6.45, 7) is 4.23. The van der Waals surface area contributed by atoms with Gasteiger partial charge in [0.05, 0.1) is 5.69 Å². The van der Waals surface area contributed by atoms with Crippen LogP contribution in [0.5, 0.6) is 0 Å². The molecular weight excluding hydrogens is 204 g/mol. The van der Waals surface area contributed by atoms with Crippen LogP contribution >= 0.6 is 11.3 Å². The number of hydrogen-bond donors (Lipinski definition) is 0. The van der Waals surface area contributed by atoms with Crippen LogP contribution in [-0.4, -0.2) is 4.57 Å². The maximum Gasteiger partial charge on any atom is 0.189 e. The van der Waals surface area contributed by atoms with Crippen molar-refractivity contribution in [2.45, 2.75) is 13.8 Å². The van der Waals surface area contributed by atoms with Crippen LogP contribution in [0.1, 0.15) is 11.1 Å². The highest BCUT2D eigenvalue weighted by Crippen LogP contribution is 2.20. The van der Waals surface area contributed by atoms with Gasteiger partial charge in [0.25, 0.3) is 0 Å². The molecule has 15 heavy (non-hydrogen) atoms. The molecule has 0 bridgehead atoms. The summed E-state index contributed by atoms with van der Waals surface area (Å²) in [5, 5.41) is 2.05. The van der Waals surface area contributed by atoms with Crippen molar-refractivity contribution in [3.63, 3.8) is 0 Å². The highest BCUT2D eigenvalue weighted by atomic mass is 32.1. The van der Waals surface area contributed by atoms with Crippen molar-refractivity contribution in [3.05, 3.63) is 45.7 Å². The third-order valence-corrected chi connectivity index (χ3v) is 3.40. The van der Waals surface area contributed by atoms with Crippen molar-refractivity contribution < 1.29 is 0 Å². The SMILES string of the molecule is Cc1cccc(N=c2sccn2C)c1C. The van der Waals surface area contributed by atoms with Gasteiger partial charge < -0.3 is 4.57 Å². The van der Waals surface area contributed by atoms with Crippen LogP contribution in [0.15, 0.2) is 34.8 Å². The molecule has 1 heterocycles. The lowest BCUT2D eigenvalue weighted by Gasteiger charge is -2.02. The van der Waals surface area contributed by atoms with Crippen molar-refractivity contribution >= 4 is 17.0 Å². The Hall–Kier alpha value is -1.35. The Balaban J connectivity index is 2.58. The first-order valence-electron chi connectivity index (χ1n) is 4.89. The maximum absolute atomic E-state index is 4.64. The van der Waals surface area contributed by atoms with Gasteiger partial charge >= 0.3 is 0 Å². The molecule has 0 fully saturated rings. The van der Waals surface area contributed by atoms with Crippen molar-refractivity contribution in [1.29, 1.82) is 0 Å². The van der Waals surface area contributed by atoms with E-state index in [1.807, 2.05) is 23.2 Å². The number of hydrogen-bond acceptors (Lipinski definition) is 2. The van der Waals surface area contributed by atoms with Crippen LogP contribution in [0.4, 0.5) is 5.69 Å². The molecule has 0 atom stereocenters. The molecule has 0 saturated carbocycles. The van der Waals surface area contributed by atoms with E-state index in [1.165, 1.54) is 11.1 Å². The van der Waals surface area contributed by atoms with E-state index in [0.29, 0.717) is 0 Å². The Morgan fingerprint density at radius 1 is 1.27 bits per heavy atom. The molecule has 3 heteroatoms. The van der Waals surface area contributed by atoms with Crippen LogP contribution in [-0.2, 0) is 7.05 Å². The minimum absolute atomic E-state index is 1.03. The Kier molecular flexibility index (Phi) is 2.73. The molecule has 0 amide bonds. The van der Waals surface area contributed by atoms with E-state index in [9.17, 15) is 0 Å². The van der Waals surface area contributed by atoms with Gasteiger partial charge in [-0.15, -0.1) is 11.3 Å². The molecule has 0 aliphatic heterocycles. The highest BCUT2D eigenvalue weighted by Gasteiger charge is 1.98. The molecule has 0 saturated heterocycles. The van der Waals surface area contributed by atoms with Crippen molar-refractivity contribution in [2.75, 3.05) is 0 Å². The maximum atomic E-state index is 4.64. The van der Waals surface area contributed by atoms with E-state index in [-0.39, 0.29) is 0 Å². The average molecular weight is 218 g/mol. The molecule has 78 valence electrons. The lowest BCUT2D eigenvalue weighted by Crippen LogP contribution is -2.08. The molecule has 0 spiro atoms. The van der Waals surface area contributed by atoms with Crippen molar-refractivity contribution in [1.82, 2.24) is 4.57 Å². The molecule has 2 rings (SSSR count). The molecule has 0 unspecified atom stereocenters. The first-order valence-corrected chi connectivity index (χ1v) is 5.77. The Bertz CT molecular complexity index is 535. The predicted octanol–water partition coefficient (Wildman–Crippen LogP) is 2.94. The first kappa shape index (κ1) is 10.2. The largest absolute Gasteiger partial charge is 0.327 e. The molecule has 0 aliphatic rings. The second-order valence-corrected chi connectivity index (χ2v) is 4.50. The highest BCUT2D eigenvalue weighted by molar-refractivity contribution is 7.07. The lowest BCUT2D eigenvalue weighted by atomic mass is 10.1. The molecular formula is C12H14N2S. The zero-order valence-electron chi connectivity index (χ0n) is 9.19. The molecule has 2 aromatic rings. The zero-order chi connectivity index (χ0) is 10.8. The van der Waals surface area contributed by atoms with E-state index in [4.69, 9.17) is 0 Å². The zero-order valence-corrected chi connectivity index (χ0v) is 10.0. The van der Waals surface area contributed by atoms with Gasteiger partial charge in [-0.2, -0.15) is 0 Å². The normalized spacial score (nSPS) is 12.1. The second kappa shape index (κ2) is 4.03. The van der Waals surface area contributed by atoms with Crippen LogP contribution in [0.25, 0.3) is 0 Å². The molecule has 0 aliphatic carbocycles. The second-order valence-electron chi connectivity index (χ2n) is 3.63. The van der Waals surface area contributed by atoms with Gasteiger partial charge in [-0.3, -0.25) is 0 Å². The monoisotopic (exact) mass is 218 g/mol. The summed E-state index contributed by atoms with van der Waals surface area (Å²) in [7, 11) is 2.01. The van der Waals surface area contributed by atoms with Crippen molar-refractivity contribution in [3.8, 4) is 0 Å². The molecule has 0 radical (unpaired) electrons. The van der Waals surface area contributed by atoms with E-state index in [1.54, 1.807) is 11.3 Å². The summed E-state index contributed by atoms with van der Waals surface area (Å²) in [6, 6.07) is 6.22. The summed E-state index contributed by atoms with van der Waals surface area (Å²) < 4.78 is 2.03. The van der Waals surface area contributed by atoms with Gasteiger partial charge in [-0.05, 0) is 31.0 Å². The predicted molar refractivity (Wildman–Crippen MR) is 64.4 cm³/mol. The van der Waals surface area contributed by atoms with E-state index >= 15 is 0 Å². The number of nitrogens with zero attached hydrogens (tertiary/aromatic N) is 2. The first-order chi connectivity index (χ1) is 7.18. The molecule has 0 N–H and O–H groups in total.